The molecule has 7 nitrogen and oxygen atoms in total. The number of aromatic nitrogens is 4. The fourth-order valence-corrected chi connectivity index (χ4v) is 3.90. The predicted octanol–water partition coefficient (Wildman–Crippen LogP) is 4.73. The van der Waals surface area contributed by atoms with Crippen LogP contribution in [-0.4, -0.2) is 19.7 Å². The van der Waals surface area contributed by atoms with Crippen LogP contribution in [0.4, 0.5) is 0 Å². The van der Waals surface area contributed by atoms with Gasteiger partial charge in [0.25, 0.3) is 11.4 Å². The van der Waals surface area contributed by atoms with E-state index >= 15 is 0 Å². The zero-order valence-electron chi connectivity index (χ0n) is 17.9. The zero-order valence-corrected chi connectivity index (χ0v) is 18.7. The van der Waals surface area contributed by atoms with E-state index in [1.807, 2.05) is 38.1 Å². The smallest absolute Gasteiger partial charge is 0.329 e. The Hall–Kier alpha value is -3.97. The quantitative estimate of drug-likeness (QED) is 0.420. The van der Waals surface area contributed by atoms with E-state index < -0.39 is 5.69 Å². The average Bonchev–Trinajstić information content (AvgIpc) is 3.28. The molecule has 3 aromatic carbocycles. The lowest BCUT2D eigenvalue weighted by atomic mass is 10.1. The van der Waals surface area contributed by atoms with E-state index in [9.17, 15) is 9.59 Å². The number of nitrogens with zero attached hydrogens (tertiary/aromatic N) is 3. The normalized spacial score (nSPS) is 11.2. The van der Waals surface area contributed by atoms with E-state index in [1.54, 1.807) is 36.4 Å². The van der Waals surface area contributed by atoms with Gasteiger partial charge in [-0.15, -0.1) is 0 Å². The number of hydrogen-bond acceptors (Lipinski definition) is 5. The molecule has 2 heterocycles. The highest BCUT2D eigenvalue weighted by atomic mass is 35.5. The minimum absolute atomic E-state index is 0.120. The van der Waals surface area contributed by atoms with Gasteiger partial charge in [0.05, 0.1) is 17.4 Å². The molecule has 0 fully saturated rings. The number of hydrogen-bond donors (Lipinski definition) is 1. The third-order valence-electron chi connectivity index (χ3n) is 5.65. The molecule has 5 rings (SSSR count). The van der Waals surface area contributed by atoms with Gasteiger partial charge < -0.3 is 9.51 Å². The fourth-order valence-electron chi connectivity index (χ4n) is 3.69. The summed E-state index contributed by atoms with van der Waals surface area (Å²) in [6, 6.07) is 18.1. The molecule has 0 saturated heterocycles. The number of benzene rings is 3. The lowest BCUT2D eigenvalue weighted by Gasteiger charge is -2.07. The molecule has 0 aliphatic carbocycles. The molecule has 5 aromatic rings. The second kappa shape index (κ2) is 8.18. The van der Waals surface area contributed by atoms with Crippen molar-refractivity contribution in [3.63, 3.8) is 0 Å². The number of H-pyrrole nitrogens is 1. The average molecular weight is 459 g/mol. The molecule has 0 atom stereocenters. The maximum Gasteiger partial charge on any atom is 0.329 e. The Morgan fingerprint density at radius 1 is 0.970 bits per heavy atom. The van der Waals surface area contributed by atoms with Gasteiger partial charge in [0, 0.05) is 16.1 Å². The molecule has 0 spiro atoms. The number of nitrogens with one attached hydrogen (secondary N) is 1. The molecule has 1 N–H and O–H groups in total. The first-order chi connectivity index (χ1) is 15.9. The molecule has 33 heavy (non-hydrogen) atoms. The van der Waals surface area contributed by atoms with E-state index in [2.05, 4.69) is 15.1 Å². The van der Waals surface area contributed by atoms with Crippen LogP contribution in [0.2, 0.25) is 5.02 Å². The standard InChI is InChI=1S/C25H19ClN4O3/c1-14-6-7-17(10-15(14)2)22-28-23(33-29-22)18-8-9-20-21(12-18)27-25(32)30(24(20)31)13-16-4-3-5-19(26)11-16/h3-12H,13H2,1-2H3,(H,27,32). The monoisotopic (exact) mass is 458 g/mol. The molecule has 0 radical (unpaired) electrons. The topological polar surface area (TPSA) is 93.8 Å². The van der Waals surface area contributed by atoms with Gasteiger partial charge in [0.2, 0.25) is 5.82 Å². The van der Waals surface area contributed by atoms with Gasteiger partial charge in [0.15, 0.2) is 0 Å². The van der Waals surface area contributed by atoms with Crippen LogP contribution in [0, 0.1) is 13.8 Å². The molecule has 0 aliphatic rings. The first-order valence-corrected chi connectivity index (χ1v) is 10.7. The molecular formula is C25H19ClN4O3. The van der Waals surface area contributed by atoms with Gasteiger partial charge in [0.1, 0.15) is 0 Å². The highest BCUT2D eigenvalue weighted by Crippen LogP contribution is 2.25. The highest BCUT2D eigenvalue weighted by molar-refractivity contribution is 6.30. The summed E-state index contributed by atoms with van der Waals surface area (Å²) >= 11 is 6.02. The van der Waals surface area contributed by atoms with Gasteiger partial charge in [-0.2, -0.15) is 4.98 Å². The van der Waals surface area contributed by atoms with Gasteiger partial charge in [-0.3, -0.25) is 9.36 Å². The largest absolute Gasteiger partial charge is 0.334 e. The minimum atomic E-state index is -0.508. The first-order valence-electron chi connectivity index (χ1n) is 10.3. The summed E-state index contributed by atoms with van der Waals surface area (Å²) < 4.78 is 6.60. The first kappa shape index (κ1) is 20.9. The lowest BCUT2D eigenvalue weighted by molar-refractivity contribution is 0.432. The van der Waals surface area contributed by atoms with Crippen LogP contribution in [0.25, 0.3) is 33.7 Å². The van der Waals surface area contributed by atoms with Crippen LogP contribution in [0.3, 0.4) is 0 Å². The van der Waals surface area contributed by atoms with E-state index in [4.69, 9.17) is 16.1 Å². The fraction of sp³-hybridized carbons (Fsp3) is 0.120. The molecule has 8 heteroatoms. The molecule has 2 aromatic heterocycles. The van der Waals surface area contributed by atoms with Crippen LogP contribution in [-0.2, 0) is 6.54 Å². The molecule has 0 bridgehead atoms. The van der Waals surface area contributed by atoms with Crippen molar-refractivity contribution < 1.29 is 4.52 Å². The third-order valence-corrected chi connectivity index (χ3v) is 5.88. The molecule has 0 aliphatic heterocycles. The third kappa shape index (κ3) is 3.99. The van der Waals surface area contributed by atoms with Gasteiger partial charge in [-0.1, -0.05) is 41.0 Å². The van der Waals surface area contributed by atoms with Crippen molar-refractivity contribution in [1.82, 2.24) is 19.7 Å². The maximum absolute atomic E-state index is 13.0. The predicted molar refractivity (Wildman–Crippen MR) is 128 cm³/mol. The maximum atomic E-state index is 13.0. The van der Waals surface area contributed by atoms with Gasteiger partial charge in [-0.05, 0) is 66.9 Å². The van der Waals surface area contributed by atoms with Crippen molar-refractivity contribution in [2.75, 3.05) is 0 Å². The van der Waals surface area contributed by atoms with Crippen LogP contribution in [0.1, 0.15) is 16.7 Å². The second-order valence-corrected chi connectivity index (χ2v) is 8.37. The van der Waals surface area contributed by atoms with Crippen LogP contribution >= 0.6 is 11.6 Å². The summed E-state index contributed by atoms with van der Waals surface area (Å²) in [5, 5.41) is 5.01. The molecule has 0 unspecified atom stereocenters. The van der Waals surface area contributed by atoms with E-state index in [0.717, 1.165) is 21.3 Å². The van der Waals surface area contributed by atoms with Crippen molar-refractivity contribution in [2.45, 2.75) is 20.4 Å². The van der Waals surface area contributed by atoms with E-state index in [1.165, 1.54) is 5.56 Å². The SMILES string of the molecule is Cc1ccc(-c2noc(-c3ccc4c(=O)n(Cc5cccc(Cl)c5)c(=O)[nH]c4c3)n2)cc1C. The summed E-state index contributed by atoms with van der Waals surface area (Å²) in [7, 11) is 0. The molecular weight excluding hydrogens is 440 g/mol. The van der Waals surface area contributed by atoms with Crippen molar-refractivity contribution in [2.24, 2.45) is 0 Å². The molecule has 0 saturated carbocycles. The van der Waals surface area contributed by atoms with Crippen LogP contribution in [0.5, 0.6) is 0 Å². The van der Waals surface area contributed by atoms with Gasteiger partial charge in [-0.25, -0.2) is 4.79 Å². The number of rotatable bonds is 4. The van der Waals surface area contributed by atoms with Crippen molar-refractivity contribution in [3.05, 3.63) is 103 Å². The summed E-state index contributed by atoms with van der Waals surface area (Å²) in [5.41, 5.74) is 4.04. The summed E-state index contributed by atoms with van der Waals surface area (Å²) in [6.07, 6.45) is 0. The number of aryl methyl sites for hydroxylation is 2. The lowest BCUT2D eigenvalue weighted by Crippen LogP contribution is -2.35. The van der Waals surface area contributed by atoms with Crippen molar-refractivity contribution in [3.8, 4) is 22.8 Å². The summed E-state index contributed by atoms with van der Waals surface area (Å²) in [6.45, 7) is 4.19. The Kier molecular flexibility index (Phi) is 5.18. The Morgan fingerprint density at radius 3 is 2.58 bits per heavy atom. The molecule has 164 valence electrons. The summed E-state index contributed by atoms with van der Waals surface area (Å²) in [5.74, 6) is 0.771. The number of aromatic amines is 1. The van der Waals surface area contributed by atoms with Crippen molar-refractivity contribution >= 4 is 22.5 Å². The highest BCUT2D eigenvalue weighted by Gasteiger charge is 2.14. The molecule has 0 amide bonds. The van der Waals surface area contributed by atoms with E-state index in [-0.39, 0.29) is 12.1 Å². The zero-order chi connectivity index (χ0) is 23.1. The second-order valence-electron chi connectivity index (χ2n) is 7.93. The number of halogens is 1. The minimum Gasteiger partial charge on any atom is -0.334 e. The van der Waals surface area contributed by atoms with Crippen LogP contribution in [0.15, 0.2) is 74.8 Å². The Morgan fingerprint density at radius 2 is 1.79 bits per heavy atom. The van der Waals surface area contributed by atoms with Crippen LogP contribution < -0.4 is 11.2 Å². The van der Waals surface area contributed by atoms with Crippen molar-refractivity contribution in [1.29, 1.82) is 0 Å². The van der Waals surface area contributed by atoms with E-state index in [0.29, 0.717) is 33.2 Å². The van der Waals surface area contributed by atoms with Gasteiger partial charge >= 0.3 is 5.69 Å². The number of fused-ring (bicyclic) bond motifs is 1. The summed E-state index contributed by atoms with van der Waals surface area (Å²) in [4.78, 5) is 32.9. The Balaban J connectivity index is 1.52. The Bertz CT molecular complexity index is 1630. The Labute approximate surface area is 193 Å².